The summed E-state index contributed by atoms with van der Waals surface area (Å²) in [5.41, 5.74) is 12.1. The minimum atomic E-state index is 0.582. The number of pyridine rings is 1. The fraction of sp³-hybridized carbons (Fsp3) is 0.0417. The molecule has 9 rings (SSSR count). The molecule has 2 heterocycles. The van der Waals surface area contributed by atoms with Crippen LogP contribution in [0.1, 0.15) is 11.1 Å². The highest BCUT2D eigenvalue weighted by Crippen LogP contribution is 2.35. The van der Waals surface area contributed by atoms with E-state index in [0.717, 1.165) is 49.5 Å². The van der Waals surface area contributed by atoms with Gasteiger partial charge in [-0.15, -0.1) is 0 Å². The second kappa shape index (κ2) is 13.2. The summed E-state index contributed by atoms with van der Waals surface area (Å²) in [7, 11) is 0. The molecule has 0 amide bonds. The van der Waals surface area contributed by atoms with Crippen molar-refractivity contribution in [1.29, 1.82) is 0 Å². The fourth-order valence-electron chi connectivity index (χ4n) is 7.22. The van der Waals surface area contributed by atoms with Crippen LogP contribution < -0.4 is 0 Å². The molecule has 52 heavy (non-hydrogen) atoms. The highest BCUT2D eigenvalue weighted by molar-refractivity contribution is 5.97. The number of hydrogen-bond donors (Lipinski definition) is 0. The molecule has 0 saturated heterocycles. The highest BCUT2D eigenvalue weighted by Gasteiger charge is 2.16. The molecule has 0 unspecified atom stereocenters. The Kier molecular flexibility index (Phi) is 7.90. The molecule has 9 aromatic rings. The van der Waals surface area contributed by atoms with Gasteiger partial charge in [0.2, 0.25) is 0 Å². The zero-order chi connectivity index (χ0) is 35.0. The van der Waals surface area contributed by atoms with Crippen LogP contribution >= 0.6 is 0 Å². The van der Waals surface area contributed by atoms with Crippen molar-refractivity contribution in [2.24, 2.45) is 0 Å². The van der Waals surface area contributed by atoms with E-state index in [9.17, 15) is 0 Å². The van der Waals surface area contributed by atoms with E-state index < -0.39 is 0 Å². The van der Waals surface area contributed by atoms with Crippen LogP contribution in [0.25, 0.3) is 89.2 Å². The summed E-state index contributed by atoms with van der Waals surface area (Å²) in [6, 6.07) is 57.3. The van der Waals surface area contributed by atoms with Crippen LogP contribution in [0.4, 0.5) is 0 Å². The summed E-state index contributed by atoms with van der Waals surface area (Å²) in [6.07, 6.45) is 1.87. The lowest BCUT2D eigenvalue weighted by atomic mass is 9.92. The first-order chi connectivity index (χ1) is 25.6. The lowest BCUT2D eigenvalue weighted by Crippen LogP contribution is -2.01. The summed E-state index contributed by atoms with van der Waals surface area (Å²) >= 11 is 0. The van der Waals surface area contributed by atoms with E-state index in [-0.39, 0.29) is 0 Å². The van der Waals surface area contributed by atoms with Crippen molar-refractivity contribution >= 4 is 21.5 Å². The monoisotopic (exact) mass is 666 g/mol. The van der Waals surface area contributed by atoms with E-state index in [4.69, 9.17) is 19.9 Å². The minimum absolute atomic E-state index is 0.582. The third-order valence-electron chi connectivity index (χ3n) is 9.67. The molecule has 0 fully saturated rings. The Morgan fingerprint density at radius 1 is 0.346 bits per heavy atom. The predicted molar refractivity (Wildman–Crippen MR) is 215 cm³/mol. The van der Waals surface area contributed by atoms with E-state index in [1.165, 1.54) is 33.4 Å². The number of benzene rings is 7. The normalized spacial score (nSPS) is 11.3. The molecule has 0 aliphatic rings. The van der Waals surface area contributed by atoms with E-state index >= 15 is 0 Å². The molecule has 4 heteroatoms. The average Bonchev–Trinajstić information content (AvgIpc) is 3.20. The first-order valence-electron chi connectivity index (χ1n) is 17.5. The Hall–Kier alpha value is -6.78. The SMILES string of the molecule is Cc1cc(C)cc(-c2ccccc2-c2ccc(-c3ccc(-c4nc(-c5cccc6ccccc56)nc(-c5cccc6ccccc56)n4)cn3)cc2)c1. The molecule has 0 spiro atoms. The van der Waals surface area contributed by atoms with Gasteiger partial charge in [-0.25, -0.2) is 15.0 Å². The third-order valence-corrected chi connectivity index (χ3v) is 9.67. The van der Waals surface area contributed by atoms with Crippen LogP contribution in [-0.4, -0.2) is 19.9 Å². The lowest BCUT2D eigenvalue weighted by Gasteiger charge is -2.13. The molecule has 0 aliphatic heterocycles. The maximum absolute atomic E-state index is 5.09. The smallest absolute Gasteiger partial charge is 0.165 e. The first kappa shape index (κ1) is 31.2. The number of nitrogens with zero attached hydrogens (tertiary/aromatic N) is 4. The highest BCUT2D eigenvalue weighted by atomic mass is 15.0. The molecule has 2 aromatic heterocycles. The predicted octanol–water partition coefficient (Wildman–Crippen LogP) is 12.2. The van der Waals surface area contributed by atoms with Gasteiger partial charge in [-0.2, -0.15) is 0 Å². The van der Waals surface area contributed by atoms with Crippen molar-refractivity contribution in [3.8, 4) is 67.7 Å². The number of fused-ring (bicyclic) bond motifs is 2. The van der Waals surface area contributed by atoms with Crippen LogP contribution in [0, 0.1) is 13.8 Å². The molecular weight excluding hydrogens is 633 g/mol. The van der Waals surface area contributed by atoms with E-state index in [1.807, 2.05) is 12.3 Å². The van der Waals surface area contributed by atoms with Gasteiger partial charge in [0.15, 0.2) is 17.5 Å². The molecular formula is C48H34N4. The molecule has 7 aromatic carbocycles. The van der Waals surface area contributed by atoms with Crippen molar-refractivity contribution in [2.45, 2.75) is 13.8 Å². The van der Waals surface area contributed by atoms with E-state index in [2.05, 4.69) is 172 Å². The Labute approximate surface area is 303 Å². The molecule has 0 aliphatic carbocycles. The van der Waals surface area contributed by atoms with Crippen LogP contribution in [0.5, 0.6) is 0 Å². The maximum Gasteiger partial charge on any atom is 0.165 e. The van der Waals surface area contributed by atoms with Crippen molar-refractivity contribution in [3.05, 3.63) is 181 Å². The van der Waals surface area contributed by atoms with E-state index in [0.29, 0.717) is 17.5 Å². The van der Waals surface area contributed by atoms with Gasteiger partial charge in [-0.05, 0) is 69.8 Å². The molecule has 0 bridgehead atoms. The van der Waals surface area contributed by atoms with Gasteiger partial charge >= 0.3 is 0 Å². The van der Waals surface area contributed by atoms with Crippen molar-refractivity contribution < 1.29 is 0 Å². The average molecular weight is 667 g/mol. The second-order valence-electron chi connectivity index (χ2n) is 13.3. The van der Waals surface area contributed by atoms with Gasteiger partial charge in [0.05, 0.1) is 5.69 Å². The largest absolute Gasteiger partial charge is 0.255 e. The lowest BCUT2D eigenvalue weighted by molar-refractivity contribution is 1.07. The standard InChI is InChI=1S/C48H34N4/c1-31-27-32(2)29-38(28-31)42-18-8-7-15-39(42)35-21-23-36(24-22-35)45-26-25-37(30-49-45)46-50-47(43-19-9-13-33-11-3-5-16-40(33)43)52-48(51-46)44-20-10-14-34-12-4-6-17-41(34)44/h3-30H,1-2H3. The Bertz CT molecular complexity index is 2620. The second-order valence-corrected chi connectivity index (χ2v) is 13.3. The first-order valence-corrected chi connectivity index (χ1v) is 17.5. The van der Waals surface area contributed by atoms with Crippen molar-refractivity contribution in [1.82, 2.24) is 19.9 Å². The Morgan fingerprint density at radius 3 is 1.38 bits per heavy atom. The van der Waals surface area contributed by atoms with Crippen molar-refractivity contribution in [2.75, 3.05) is 0 Å². The van der Waals surface area contributed by atoms with Crippen LogP contribution in [0.15, 0.2) is 170 Å². The van der Waals surface area contributed by atoms with Gasteiger partial charge in [-0.3, -0.25) is 4.98 Å². The maximum atomic E-state index is 5.09. The van der Waals surface area contributed by atoms with Gasteiger partial charge in [0.1, 0.15) is 0 Å². The summed E-state index contributed by atoms with van der Waals surface area (Å²) < 4.78 is 0. The molecule has 0 saturated carbocycles. The van der Waals surface area contributed by atoms with Gasteiger partial charge in [-0.1, -0.05) is 163 Å². The summed E-state index contributed by atoms with van der Waals surface area (Å²) in [5.74, 6) is 1.84. The summed E-state index contributed by atoms with van der Waals surface area (Å²) in [6.45, 7) is 4.31. The topological polar surface area (TPSA) is 51.6 Å². The third kappa shape index (κ3) is 5.91. The molecule has 0 N–H and O–H groups in total. The number of rotatable bonds is 6. The zero-order valence-electron chi connectivity index (χ0n) is 29.0. The quantitative estimate of drug-likeness (QED) is 0.177. The zero-order valence-corrected chi connectivity index (χ0v) is 29.0. The number of hydrogen-bond acceptors (Lipinski definition) is 4. The molecule has 4 nitrogen and oxygen atoms in total. The number of aromatic nitrogens is 4. The van der Waals surface area contributed by atoms with Crippen LogP contribution in [-0.2, 0) is 0 Å². The summed E-state index contributed by atoms with van der Waals surface area (Å²) in [4.78, 5) is 20.1. The van der Waals surface area contributed by atoms with Crippen LogP contribution in [0.2, 0.25) is 0 Å². The molecule has 0 atom stereocenters. The Balaban J connectivity index is 1.09. The molecule has 0 radical (unpaired) electrons. The van der Waals surface area contributed by atoms with Crippen molar-refractivity contribution in [3.63, 3.8) is 0 Å². The molecule has 246 valence electrons. The fourth-order valence-corrected chi connectivity index (χ4v) is 7.22. The number of aryl methyl sites for hydroxylation is 2. The van der Waals surface area contributed by atoms with Gasteiger partial charge in [0, 0.05) is 28.5 Å². The van der Waals surface area contributed by atoms with Gasteiger partial charge in [0.25, 0.3) is 0 Å². The Morgan fingerprint density at radius 2 is 0.808 bits per heavy atom. The van der Waals surface area contributed by atoms with Gasteiger partial charge < -0.3 is 0 Å². The van der Waals surface area contributed by atoms with Crippen LogP contribution in [0.3, 0.4) is 0 Å². The van der Waals surface area contributed by atoms with E-state index in [1.54, 1.807) is 0 Å². The summed E-state index contributed by atoms with van der Waals surface area (Å²) in [5, 5.41) is 4.47. The minimum Gasteiger partial charge on any atom is -0.255 e.